The fraction of sp³-hybridized carbons (Fsp3) is 0.636. The second-order valence-corrected chi connectivity index (χ2v) is 5.23. The van der Waals surface area contributed by atoms with Gasteiger partial charge in [-0.3, -0.25) is 4.79 Å². The van der Waals surface area contributed by atoms with Crippen molar-refractivity contribution < 1.29 is 4.79 Å². The Morgan fingerprint density at radius 1 is 1.69 bits per heavy atom. The maximum Gasteiger partial charge on any atom is 0.243 e. The van der Waals surface area contributed by atoms with Crippen molar-refractivity contribution in [1.29, 1.82) is 0 Å². The van der Waals surface area contributed by atoms with E-state index in [0.717, 1.165) is 25.1 Å². The maximum absolute atomic E-state index is 11.8. The van der Waals surface area contributed by atoms with Crippen LogP contribution in [0.3, 0.4) is 0 Å². The molecule has 1 amide bonds. The molecule has 4 nitrogen and oxygen atoms in total. The summed E-state index contributed by atoms with van der Waals surface area (Å²) in [5.74, 6) is 0.452. The van der Waals surface area contributed by atoms with E-state index in [1.165, 1.54) is 11.3 Å². The van der Waals surface area contributed by atoms with Crippen molar-refractivity contribution >= 4 is 22.4 Å². The summed E-state index contributed by atoms with van der Waals surface area (Å²) in [6, 6.07) is -0.0357. The van der Waals surface area contributed by atoms with E-state index in [2.05, 4.69) is 29.5 Å². The van der Waals surface area contributed by atoms with E-state index in [1.807, 2.05) is 5.38 Å². The van der Waals surface area contributed by atoms with Crippen LogP contribution in [0.15, 0.2) is 5.38 Å². The van der Waals surface area contributed by atoms with Crippen molar-refractivity contribution in [3.05, 3.63) is 11.1 Å². The van der Waals surface area contributed by atoms with Gasteiger partial charge < -0.3 is 10.6 Å². The average Bonchev–Trinajstić information content (AvgIpc) is 2.87. The van der Waals surface area contributed by atoms with Gasteiger partial charge in [0.15, 0.2) is 5.13 Å². The topological polar surface area (TPSA) is 54.0 Å². The average molecular weight is 239 g/mol. The van der Waals surface area contributed by atoms with Gasteiger partial charge in [-0.1, -0.05) is 13.8 Å². The van der Waals surface area contributed by atoms with Crippen molar-refractivity contribution in [2.75, 3.05) is 11.9 Å². The lowest BCUT2D eigenvalue weighted by molar-refractivity contribution is -0.117. The molecule has 0 bridgehead atoms. The summed E-state index contributed by atoms with van der Waals surface area (Å²) in [5, 5.41) is 8.75. The molecule has 2 N–H and O–H groups in total. The molecule has 16 heavy (non-hydrogen) atoms. The Kier molecular flexibility index (Phi) is 3.56. The molecule has 0 saturated carbocycles. The van der Waals surface area contributed by atoms with Gasteiger partial charge in [-0.25, -0.2) is 4.98 Å². The van der Waals surface area contributed by atoms with E-state index in [0.29, 0.717) is 11.0 Å². The Bertz CT molecular complexity index is 369. The highest BCUT2D eigenvalue weighted by Gasteiger charge is 2.22. The Morgan fingerprint density at radius 3 is 3.06 bits per heavy atom. The zero-order valence-corrected chi connectivity index (χ0v) is 10.4. The summed E-state index contributed by atoms with van der Waals surface area (Å²) in [5.41, 5.74) is 1.04. The van der Waals surface area contributed by atoms with E-state index in [4.69, 9.17) is 0 Å². The second-order valence-electron chi connectivity index (χ2n) is 4.37. The minimum Gasteiger partial charge on any atom is -0.306 e. The van der Waals surface area contributed by atoms with Crippen LogP contribution in [0.4, 0.5) is 5.13 Å². The SMILES string of the molecule is CC(C)c1csc(NC(=O)[C@@H]2CCCN2)n1. The first-order chi connectivity index (χ1) is 7.66. The minimum atomic E-state index is -0.0357. The number of carbonyl (C=O) groups is 1. The monoisotopic (exact) mass is 239 g/mol. The molecule has 1 aromatic heterocycles. The molecule has 88 valence electrons. The van der Waals surface area contributed by atoms with Crippen LogP contribution in [-0.4, -0.2) is 23.5 Å². The molecule has 2 rings (SSSR count). The largest absolute Gasteiger partial charge is 0.306 e. The molecule has 1 saturated heterocycles. The van der Waals surface area contributed by atoms with E-state index >= 15 is 0 Å². The third kappa shape index (κ3) is 2.59. The first kappa shape index (κ1) is 11.5. The molecule has 0 radical (unpaired) electrons. The van der Waals surface area contributed by atoms with Crippen LogP contribution in [0.1, 0.15) is 38.3 Å². The van der Waals surface area contributed by atoms with E-state index < -0.39 is 0 Å². The third-order valence-corrected chi connectivity index (χ3v) is 3.50. The van der Waals surface area contributed by atoms with Gasteiger partial charge in [0, 0.05) is 5.38 Å². The molecule has 0 spiro atoms. The molecule has 0 unspecified atom stereocenters. The van der Waals surface area contributed by atoms with Gasteiger partial charge in [-0.2, -0.15) is 0 Å². The van der Waals surface area contributed by atoms with Gasteiger partial charge in [0.1, 0.15) is 0 Å². The van der Waals surface area contributed by atoms with Crippen molar-refractivity contribution in [3.63, 3.8) is 0 Å². The Balaban J connectivity index is 1.95. The summed E-state index contributed by atoms with van der Waals surface area (Å²) >= 11 is 1.49. The highest BCUT2D eigenvalue weighted by atomic mass is 32.1. The number of amides is 1. The molecule has 1 atom stereocenters. The quantitative estimate of drug-likeness (QED) is 0.847. The number of hydrogen-bond acceptors (Lipinski definition) is 4. The van der Waals surface area contributed by atoms with Gasteiger partial charge in [0.05, 0.1) is 11.7 Å². The molecule has 5 heteroatoms. The van der Waals surface area contributed by atoms with Crippen LogP contribution >= 0.6 is 11.3 Å². The van der Waals surface area contributed by atoms with Gasteiger partial charge in [-0.05, 0) is 25.3 Å². The Morgan fingerprint density at radius 2 is 2.50 bits per heavy atom. The fourth-order valence-electron chi connectivity index (χ4n) is 1.71. The number of aromatic nitrogens is 1. The zero-order chi connectivity index (χ0) is 11.5. The van der Waals surface area contributed by atoms with Crippen LogP contribution in [0.2, 0.25) is 0 Å². The van der Waals surface area contributed by atoms with Crippen LogP contribution in [-0.2, 0) is 4.79 Å². The molecular formula is C11H17N3OS. The molecule has 0 aromatic carbocycles. The number of hydrogen-bond donors (Lipinski definition) is 2. The summed E-state index contributed by atoms with van der Waals surface area (Å²) in [6.45, 7) is 5.13. The first-order valence-electron chi connectivity index (χ1n) is 5.66. The van der Waals surface area contributed by atoms with Crippen LogP contribution in [0.5, 0.6) is 0 Å². The van der Waals surface area contributed by atoms with Crippen molar-refractivity contribution in [2.24, 2.45) is 0 Å². The van der Waals surface area contributed by atoms with Crippen LogP contribution in [0.25, 0.3) is 0 Å². The van der Waals surface area contributed by atoms with Gasteiger partial charge >= 0.3 is 0 Å². The highest BCUT2D eigenvalue weighted by Crippen LogP contribution is 2.21. The molecule has 1 aromatic rings. The van der Waals surface area contributed by atoms with Crippen molar-refractivity contribution in [1.82, 2.24) is 10.3 Å². The summed E-state index contributed by atoms with van der Waals surface area (Å²) in [7, 11) is 0. The summed E-state index contributed by atoms with van der Waals surface area (Å²) in [6.07, 6.45) is 2.00. The van der Waals surface area contributed by atoms with Gasteiger partial charge in [-0.15, -0.1) is 11.3 Å². The summed E-state index contributed by atoms with van der Waals surface area (Å²) < 4.78 is 0. The number of carbonyl (C=O) groups excluding carboxylic acids is 1. The van der Waals surface area contributed by atoms with E-state index in [9.17, 15) is 4.79 Å². The second kappa shape index (κ2) is 4.93. The van der Waals surface area contributed by atoms with E-state index in [-0.39, 0.29) is 11.9 Å². The standard InChI is InChI=1S/C11H17N3OS/c1-7(2)9-6-16-11(13-9)14-10(15)8-4-3-5-12-8/h6-8,12H,3-5H2,1-2H3,(H,13,14,15)/t8-/m0/s1. The van der Waals surface area contributed by atoms with Crippen LogP contribution < -0.4 is 10.6 Å². The molecule has 1 aliphatic heterocycles. The number of rotatable bonds is 3. The molecule has 2 heterocycles. The van der Waals surface area contributed by atoms with Crippen molar-refractivity contribution in [3.8, 4) is 0 Å². The number of nitrogens with zero attached hydrogens (tertiary/aromatic N) is 1. The van der Waals surface area contributed by atoms with E-state index in [1.54, 1.807) is 0 Å². The maximum atomic E-state index is 11.8. The predicted molar refractivity (Wildman–Crippen MR) is 65.9 cm³/mol. The first-order valence-corrected chi connectivity index (χ1v) is 6.54. The minimum absolute atomic E-state index is 0.0357. The Labute approximate surface area is 99.5 Å². The third-order valence-electron chi connectivity index (χ3n) is 2.72. The molecular weight excluding hydrogens is 222 g/mol. The number of thiazole rings is 1. The zero-order valence-electron chi connectivity index (χ0n) is 9.62. The number of anilines is 1. The number of nitrogens with one attached hydrogen (secondary N) is 2. The van der Waals surface area contributed by atoms with Crippen molar-refractivity contribution in [2.45, 2.75) is 38.6 Å². The fourth-order valence-corrected chi connectivity index (χ4v) is 2.58. The molecule has 0 aliphatic carbocycles. The lowest BCUT2D eigenvalue weighted by Crippen LogP contribution is -2.35. The summed E-state index contributed by atoms with van der Waals surface area (Å²) in [4.78, 5) is 16.2. The Hall–Kier alpha value is -0.940. The lowest BCUT2D eigenvalue weighted by Gasteiger charge is -2.08. The van der Waals surface area contributed by atoms with Crippen LogP contribution in [0, 0.1) is 0 Å². The highest BCUT2D eigenvalue weighted by molar-refractivity contribution is 7.13. The lowest BCUT2D eigenvalue weighted by atomic mass is 10.2. The normalized spacial score (nSPS) is 20.3. The van der Waals surface area contributed by atoms with Gasteiger partial charge in [0.25, 0.3) is 0 Å². The molecule has 1 fully saturated rings. The predicted octanol–water partition coefficient (Wildman–Crippen LogP) is 1.96. The molecule has 1 aliphatic rings. The van der Waals surface area contributed by atoms with Gasteiger partial charge in [0.2, 0.25) is 5.91 Å². The smallest absolute Gasteiger partial charge is 0.243 e.